The summed E-state index contributed by atoms with van der Waals surface area (Å²) in [4.78, 5) is 12.5. The van der Waals surface area contributed by atoms with Crippen molar-refractivity contribution in [1.29, 1.82) is 0 Å². The highest BCUT2D eigenvalue weighted by Gasteiger charge is 2.09. The zero-order valence-corrected chi connectivity index (χ0v) is 10.2. The Balaban J connectivity index is 2.38. The highest BCUT2D eigenvalue weighted by molar-refractivity contribution is 5.55. The van der Waals surface area contributed by atoms with E-state index >= 15 is 0 Å². The molecule has 2 N–H and O–H groups in total. The van der Waals surface area contributed by atoms with Crippen LogP contribution in [0.1, 0.15) is 25.6 Å². The molecule has 0 radical (unpaired) electrons. The normalized spacial score (nSPS) is 10.7. The first-order valence-corrected chi connectivity index (χ1v) is 5.83. The van der Waals surface area contributed by atoms with Crippen LogP contribution in [0.25, 0.3) is 11.4 Å². The molecule has 0 atom stereocenters. The van der Waals surface area contributed by atoms with Crippen LogP contribution in [-0.2, 0) is 6.54 Å². The van der Waals surface area contributed by atoms with E-state index in [1.807, 2.05) is 19.2 Å². The molecule has 17 heavy (non-hydrogen) atoms. The molecule has 0 aromatic carbocycles. The number of nitrogens with zero attached hydrogens (tertiary/aromatic N) is 4. The summed E-state index contributed by atoms with van der Waals surface area (Å²) in [6, 6.07) is 1.86. The van der Waals surface area contributed by atoms with Crippen LogP contribution in [0.5, 0.6) is 0 Å². The molecule has 90 valence electrons. The fourth-order valence-corrected chi connectivity index (χ4v) is 1.79. The molecule has 0 aliphatic carbocycles. The lowest BCUT2D eigenvalue weighted by atomic mass is 10.3. The number of unbranched alkanes of at least 4 members (excludes halogenated alkanes) is 1. The van der Waals surface area contributed by atoms with Gasteiger partial charge in [-0.25, -0.2) is 15.0 Å². The fourth-order valence-electron chi connectivity index (χ4n) is 1.79. The number of hydrogen-bond donors (Lipinski definition) is 1. The van der Waals surface area contributed by atoms with E-state index in [9.17, 15) is 0 Å². The van der Waals surface area contributed by atoms with Gasteiger partial charge in [-0.05, 0) is 19.4 Å². The third-order valence-corrected chi connectivity index (χ3v) is 2.73. The van der Waals surface area contributed by atoms with Gasteiger partial charge in [0.1, 0.15) is 5.82 Å². The standard InChI is InChI=1S/C12H17N5/c1-3-4-7-17-9(2)15-8-11(17)10-5-6-14-12(13)16-10/h5-6,8H,3-4,7H2,1-2H3,(H2,13,14,16). The first-order valence-electron chi connectivity index (χ1n) is 5.83. The summed E-state index contributed by atoms with van der Waals surface area (Å²) in [5.74, 6) is 1.30. The molecule has 0 saturated heterocycles. The van der Waals surface area contributed by atoms with Gasteiger partial charge in [-0.2, -0.15) is 0 Å². The molecule has 0 aliphatic rings. The Hall–Kier alpha value is -1.91. The van der Waals surface area contributed by atoms with Crippen molar-refractivity contribution in [3.8, 4) is 11.4 Å². The van der Waals surface area contributed by atoms with E-state index in [2.05, 4.69) is 26.4 Å². The molecular weight excluding hydrogens is 214 g/mol. The molecule has 0 bridgehead atoms. The van der Waals surface area contributed by atoms with Gasteiger partial charge < -0.3 is 10.3 Å². The summed E-state index contributed by atoms with van der Waals surface area (Å²) in [6.07, 6.45) is 5.80. The molecule has 0 spiro atoms. The second-order valence-electron chi connectivity index (χ2n) is 4.00. The van der Waals surface area contributed by atoms with E-state index in [4.69, 9.17) is 5.73 Å². The minimum absolute atomic E-state index is 0.295. The first kappa shape index (κ1) is 11.6. The van der Waals surface area contributed by atoms with E-state index in [0.29, 0.717) is 5.95 Å². The van der Waals surface area contributed by atoms with E-state index in [-0.39, 0.29) is 0 Å². The summed E-state index contributed by atoms with van der Waals surface area (Å²) in [6.45, 7) is 5.14. The predicted octanol–water partition coefficient (Wildman–Crippen LogP) is 2.03. The van der Waals surface area contributed by atoms with Crippen LogP contribution in [0, 0.1) is 6.92 Å². The minimum Gasteiger partial charge on any atom is -0.368 e. The Morgan fingerprint density at radius 2 is 2.18 bits per heavy atom. The molecule has 5 nitrogen and oxygen atoms in total. The zero-order chi connectivity index (χ0) is 12.3. The SMILES string of the molecule is CCCCn1c(-c2ccnc(N)n2)cnc1C. The molecule has 0 saturated carbocycles. The van der Waals surface area contributed by atoms with E-state index in [1.54, 1.807) is 6.20 Å². The van der Waals surface area contributed by atoms with Gasteiger partial charge in [0, 0.05) is 12.7 Å². The molecule has 2 rings (SSSR count). The number of aryl methyl sites for hydroxylation is 1. The van der Waals surface area contributed by atoms with Crippen molar-refractivity contribution < 1.29 is 0 Å². The number of nitrogen functional groups attached to an aromatic ring is 1. The third kappa shape index (κ3) is 2.43. The van der Waals surface area contributed by atoms with Gasteiger partial charge in [0.15, 0.2) is 0 Å². The average molecular weight is 231 g/mol. The maximum absolute atomic E-state index is 5.60. The van der Waals surface area contributed by atoms with Crippen molar-refractivity contribution in [3.05, 3.63) is 24.3 Å². The molecule has 5 heteroatoms. The summed E-state index contributed by atoms with van der Waals surface area (Å²) in [5, 5.41) is 0. The number of hydrogen-bond acceptors (Lipinski definition) is 4. The molecular formula is C12H17N5. The van der Waals surface area contributed by atoms with Crippen LogP contribution >= 0.6 is 0 Å². The number of aromatic nitrogens is 4. The van der Waals surface area contributed by atoms with Crippen LogP contribution in [0.4, 0.5) is 5.95 Å². The lowest BCUT2D eigenvalue weighted by Gasteiger charge is -2.09. The smallest absolute Gasteiger partial charge is 0.220 e. The van der Waals surface area contributed by atoms with Crippen LogP contribution in [0.3, 0.4) is 0 Å². The number of anilines is 1. The second kappa shape index (κ2) is 4.95. The molecule has 2 heterocycles. The summed E-state index contributed by atoms with van der Waals surface area (Å²) >= 11 is 0. The maximum Gasteiger partial charge on any atom is 0.220 e. The zero-order valence-electron chi connectivity index (χ0n) is 10.2. The Morgan fingerprint density at radius 1 is 1.35 bits per heavy atom. The second-order valence-corrected chi connectivity index (χ2v) is 4.00. The number of imidazole rings is 1. The van der Waals surface area contributed by atoms with Gasteiger partial charge in [0.2, 0.25) is 5.95 Å². The third-order valence-electron chi connectivity index (χ3n) is 2.73. The van der Waals surface area contributed by atoms with E-state index in [0.717, 1.165) is 36.6 Å². The van der Waals surface area contributed by atoms with Gasteiger partial charge in [0.05, 0.1) is 17.6 Å². The largest absolute Gasteiger partial charge is 0.368 e. The lowest BCUT2D eigenvalue weighted by molar-refractivity contribution is 0.620. The molecule has 2 aromatic heterocycles. The summed E-state index contributed by atoms with van der Waals surface area (Å²) < 4.78 is 2.17. The highest BCUT2D eigenvalue weighted by Crippen LogP contribution is 2.19. The highest BCUT2D eigenvalue weighted by atomic mass is 15.1. The number of nitrogens with two attached hydrogens (primary N) is 1. The van der Waals surface area contributed by atoms with Crippen LogP contribution in [-0.4, -0.2) is 19.5 Å². The van der Waals surface area contributed by atoms with Gasteiger partial charge in [-0.1, -0.05) is 13.3 Å². The van der Waals surface area contributed by atoms with Crippen molar-refractivity contribution in [2.45, 2.75) is 33.2 Å². The van der Waals surface area contributed by atoms with Crippen molar-refractivity contribution >= 4 is 5.95 Å². The van der Waals surface area contributed by atoms with Crippen LogP contribution < -0.4 is 5.73 Å². The van der Waals surface area contributed by atoms with Crippen LogP contribution in [0.2, 0.25) is 0 Å². The predicted molar refractivity (Wildman–Crippen MR) is 67.3 cm³/mol. The Bertz CT molecular complexity index is 503. The molecule has 0 aliphatic heterocycles. The topological polar surface area (TPSA) is 69.6 Å². The first-order chi connectivity index (χ1) is 8.22. The fraction of sp³-hybridized carbons (Fsp3) is 0.417. The molecule has 0 amide bonds. The van der Waals surface area contributed by atoms with Gasteiger partial charge in [-0.15, -0.1) is 0 Å². The van der Waals surface area contributed by atoms with Crippen molar-refractivity contribution in [3.63, 3.8) is 0 Å². The Labute approximate surface area is 101 Å². The van der Waals surface area contributed by atoms with E-state index < -0.39 is 0 Å². The number of rotatable bonds is 4. The summed E-state index contributed by atoms with van der Waals surface area (Å²) in [5.41, 5.74) is 7.43. The minimum atomic E-state index is 0.295. The summed E-state index contributed by atoms with van der Waals surface area (Å²) in [7, 11) is 0. The monoisotopic (exact) mass is 231 g/mol. The van der Waals surface area contributed by atoms with Crippen LogP contribution in [0.15, 0.2) is 18.5 Å². The molecule has 0 fully saturated rings. The molecule has 2 aromatic rings. The van der Waals surface area contributed by atoms with Crippen molar-refractivity contribution in [1.82, 2.24) is 19.5 Å². The lowest BCUT2D eigenvalue weighted by Crippen LogP contribution is -2.04. The average Bonchev–Trinajstić information content (AvgIpc) is 2.68. The van der Waals surface area contributed by atoms with Gasteiger partial charge in [-0.3, -0.25) is 0 Å². The molecule has 0 unspecified atom stereocenters. The Kier molecular flexibility index (Phi) is 3.37. The van der Waals surface area contributed by atoms with Crippen molar-refractivity contribution in [2.24, 2.45) is 0 Å². The van der Waals surface area contributed by atoms with Gasteiger partial charge >= 0.3 is 0 Å². The van der Waals surface area contributed by atoms with Crippen molar-refractivity contribution in [2.75, 3.05) is 5.73 Å². The van der Waals surface area contributed by atoms with E-state index in [1.165, 1.54) is 0 Å². The Morgan fingerprint density at radius 3 is 2.88 bits per heavy atom. The quantitative estimate of drug-likeness (QED) is 0.874. The maximum atomic E-state index is 5.60. The van der Waals surface area contributed by atoms with Gasteiger partial charge in [0.25, 0.3) is 0 Å².